The lowest BCUT2D eigenvalue weighted by Crippen LogP contribution is -2.31. The summed E-state index contributed by atoms with van der Waals surface area (Å²) in [7, 11) is 0. The molecule has 2 nitrogen and oxygen atoms in total. The van der Waals surface area contributed by atoms with Crippen LogP contribution in [0.4, 0.5) is 0 Å². The van der Waals surface area contributed by atoms with E-state index in [2.05, 4.69) is 6.92 Å². The molecule has 0 spiro atoms. The van der Waals surface area contributed by atoms with E-state index in [1.165, 1.54) is 64.2 Å². The van der Waals surface area contributed by atoms with Crippen LogP contribution in [0.25, 0.3) is 0 Å². The first-order valence-corrected chi connectivity index (χ1v) is 8.30. The SMILES string of the molecule is CCCCCCCCCCCCCC(C)(C)C(N)=O. The molecule has 0 saturated carbocycles. The fraction of sp³-hybridized carbons (Fsp3) is 0.941. The highest BCUT2D eigenvalue weighted by Gasteiger charge is 2.23. The second-order valence-electron chi connectivity index (χ2n) is 6.53. The van der Waals surface area contributed by atoms with Gasteiger partial charge in [0.05, 0.1) is 0 Å². The zero-order chi connectivity index (χ0) is 14.6. The normalized spacial score (nSPS) is 11.7. The van der Waals surface area contributed by atoms with Crippen molar-refractivity contribution in [3.8, 4) is 0 Å². The van der Waals surface area contributed by atoms with Gasteiger partial charge in [0, 0.05) is 5.41 Å². The number of amides is 1. The van der Waals surface area contributed by atoms with Gasteiger partial charge in [0.2, 0.25) is 5.91 Å². The summed E-state index contributed by atoms with van der Waals surface area (Å²) < 4.78 is 0. The average molecular weight is 269 g/mol. The van der Waals surface area contributed by atoms with Crippen LogP contribution in [0.5, 0.6) is 0 Å². The molecule has 1 amide bonds. The van der Waals surface area contributed by atoms with Crippen molar-refractivity contribution in [2.45, 2.75) is 97.8 Å². The Bertz CT molecular complexity index is 223. The number of carbonyl (C=O) groups is 1. The molecule has 0 radical (unpaired) electrons. The summed E-state index contributed by atoms with van der Waals surface area (Å²) in [5.41, 5.74) is 5.04. The number of nitrogens with two attached hydrogens (primary N) is 1. The molecule has 0 heterocycles. The van der Waals surface area contributed by atoms with Crippen LogP contribution >= 0.6 is 0 Å². The summed E-state index contributed by atoms with van der Waals surface area (Å²) in [5, 5.41) is 0. The fourth-order valence-electron chi connectivity index (χ4n) is 2.35. The second kappa shape index (κ2) is 11.3. The summed E-state index contributed by atoms with van der Waals surface area (Å²) in [6.07, 6.45) is 15.7. The van der Waals surface area contributed by atoms with E-state index in [4.69, 9.17) is 5.73 Å². The maximum absolute atomic E-state index is 11.2. The van der Waals surface area contributed by atoms with E-state index in [1.54, 1.807) is 0 Å². The Morgan fingerprint density at radius 3 is 1.53 bits per heavy atom. The minimum absolute atomic E-state index is 0.167. The molecule has 0 saturated heterocycles. The molecule has 19 heavy (non-hydrogen) atoms. The Labute approximate surface area is 120 Å². The molecule has 0 aliphatic carbocycles. The average Bonchev–Trinajstić information content (AvgIpc) is 2.35. The van der Waals surface area contributed by atoms with E-state index in [9.17, 15) is 4.79 Å². The molecule has 0 aromatic heterocycles. The van der Waals surface area contributed by atoms with Crippen LogP contribution < -0.4 is 5.73 Å². The van der Waals surface area contributed by atoms with E-state index >= 15 is 0 Å². The molecule has 114 valence electrons. The molecule has 0 aromatic carbocycles. The van der Waals surface area contributed by atoms with Crippen LogP contribution in [0.1, 0.15) is 97.8 Å². The van der Waals surface area contributed by atoms with Gasteiger partial charge in [-0.3, -0.25) is 4.79 Å². The number of hydrogen-bond donors (Lipinski definition) is 1. The molecule has 0 atom stereocenters. The second-order valence-corrected chi connectivity index (χ2v) is 6.53. The third-order valence-corrected chi connectivity index (χ3v) is 4.07. The molecule has 0 aliphatic rings. The Morgan fingerprint density at radius 1 is 0.789 bits per heavy atom. The van der Waals surface area contributed by atoms with Crippen LogP contribution in [0, 0.1) is 5.41 Å². The van der Waals surface area contributed by atoms with E-state index < -0.39 is 0 Å². The van der Waals surface area contributed by atoms with E-state index in [-0.39, 0.29) is 11.3 Å². The molecule has 0 unspecified atom stereocenters. The number of rotatable bonds is 13. The minimum atomic E-state index is -0.320. The molecule has 0 fully saturated rings. The molecule has 0 rings (SSSR count). The first-order chi connectivity index (χ1) is 9.00. The van der Waals surface area contributed by atoms with Gasteiger partial charge in [-0.05, 0) is 6.42 Å². The van der Waals surface area contributed by atoms with Crippen molar-refractivity contribution in [3.05, 3.63) is 0 Å². The molecule has 0 aromatic rings. The predicted molar refractivity (Wildman–Crippen MR) is 84.1 cm³/mol. The first-order valence-electron chi connectivity index (χ1n) is 8.30. The molecule has 0 bridgehead atoms. The van der Waals surface area contributed by atoms with Gasteiger partial charge in [-0.15, -0.1) is 0 Å². The number of carbonyl (C=O) groups excluding carboxylic acids is 1. The lowest BCUT2D eigenvalue weighted by atomic mass is 9.86. The smallest absolute Gasteiger partial charge is 0.223 e. The van der Waals surface area contributed by atoms with E-state index in [1.807, 2.05) is 13.8 Å². The summed E-state index contributed by atoms with van der Waals surface area (Å²) in [4.78, 5) is 11.2. The van der Waals surface area contributed by atoms with Gasteiger partial charge in [-0.1, -0.05) is 91.4 Å². The quantitative estimate of drug-likeness (QED) is 0.459. The Balaban J connectivity index is 3.21. The number of hydrogen-bond acceptors (Lipinski definition) is 1. The summed E-state index contributed by atoms with van der Waals surface area (Å²) >= 11 is 0. The lowest BCUT2D eigenvalue weighted by Gasteiger charge is -2.19. The summed E-state index contributed by atoms with van der Waals surface area (Å²) in [6, 6.07) is 0. The van der Waals surface area contributed by atoms with Crippen LogP contribution in [0.15, 0.2) is 0 Å². The topological polar surface area (TPSA) is 43.1 Å². The van der Waals surface area contributed by atoms with Gasteiger partial charge in [0.25, 0.3) is 0 Å². The van der Waals surface area contributed by atoms with Gasteiger partial charge < -0.3 is 5.73 Å². The Kier molecular flexibility index (Phi) is 11.0. The Hall–Kier alpha value is -0.530. The van der Waals surface area contributed by atoms with Gasteiger partial charge >= 0.3 is 0 Å². The third kappa shape index (κ3) is 11.0. The van der Waals surface area contributed by atoms with Crippen LogP contribution in [-0.2, 0) is 4.79 Å². The van der Waals surface area contributed by atoms with Gasteiger partial charge in [-0.2, -0.15) is 0 Å². The highest BCUT2D eigenvalue weighted by Crippen LogP contribution is 2.23. The molecule has 2 heteroatoms. The van der Waals surface area contributed by atoms with Crippen molar-refractivity contribution in [2.75, 3.05) is 0 Å². The monoisotopic (exact) mass is 269 g/mol. The highest BCUT2D eigenvalue weighted by molar-refractivity contribution is 5.79. The van der Waals surface area contributed by atoms with Gasteiger partial charge in [-0.25, -0.2) is 0 Å². The summed E-state index contributed by atoms with van der Waals surface area (Å²) in [6.45, 7) is 6.16. The van der Waals surface area contributed by atoms with Gasteiger partial charge in [0.15, 0.2) is 0 Å². The van der Waals surface area contributed by atoms with Crippen molar-refractivity contribution in [2.24, 2.45) is 11.1 Å². The number of primary amides is 1. The molecule has 0 aliphatic heterocycles. The summed E-state index contributed by atoms with van der Waals surface area (Å²) in [5.74, 6) is -0.167. The van der Waals surface area contributed by atoms with Crippen molar-refractivity contribution >= 4 is 5.91 Å². The van der Waals surface area contributed by atoms with Crippen LogP contribution in [0.3, 0.4) is 0 Å². The Morgan fingerprint density at radius 2 is 1.16 bits per heavy atom. The maximum atomic E-state index is 11.2. The van der Waals surface area contributed by atoms with Crippen molar-refractivity contribution in [3.63, 3.8) is 0 Å². The number of unbranched alkanes of at least 4 members (excludes halogenated alkanes) is 10. The van der Waals surface area contributed by atoms with Crippen LogP contribution in [0.2, 0.25) is 0 Å². The molecular weight excluding hydrogens is 234 g/mol. The van der Waals surface area contributed by atoms with Crippen molar-refractivity contribution in [1.29, 1.82) is 0 Å². The fourth-order valence-corrected chi connectivity index (χ4v) is 2.35. The van der Waals surface area contributed by atoms with Crippen molar-refractivity contribution in [1.82, 2.24) is 0 Å². The third-order valence-electron chi connectivity index (χ3n) is 4.07. The predicted octanol–water partition coefficient (Wildman–Crippen LogP) is 5.20. The minimum Gasteiger partial charge on any atom is -0.369 e. The zero-order valence-corrected chi connectivity index (χ0v) is 13.5. The zero-order valence-electron chi connectivity index (χ0n) is 13.5. The largest absolute Gasteiger partial charge is 0.369 e. The highest BCUT2D eigenvalue weighted by atomic mass is 16.1. The first kappa shape index (κ1) is 18.5. The molecule has 2 N–H and O–H groups in total. The maximum Gasteiger partial charge on any atom is 0.223 e. The van der Waals surface area contributed by atoms with Crippen LogP contribution in [-0.4, -0.2) is 5.91 Å². The van der Waals surface area contributed by atoms with Crippen molar-refractivity contribution < 1.29 is 4.79 Å². The van der Waals surface area contributed by atoms with E-state index in [0.717, 1.165) is 12.8 Å². The van der Waals surface area contributed by atoms with E-state index in [0.29, 0.717) is 0 Å². The molecular formula is C17H35NO. The lowest BCUT2D eigenvalue weighted by molar-refractivity contribution is -0.126. The van der Waals surface area contributed by atoms with Gasteiger partial charge in [0.1, 0.15) is 0 Å². The standard InChI is InChI=1S/C17H35NO/c1-4-5-6-7-8-9-10-11-12-13-14-15-17(2,3)16(18)19/h4-15H2,1-3H3,(H2,18,19).